The predicted molar refractivity (Wildman–Crippen MR) is 118 cm³/mol. The number of thioether (sulfide) groups is 1. The van der Waals surface area contributed by atoms with Gasteiger partial charge in [0.05, 0.1) is 5.03 Å². The third-order valence-corrected chi connectivity index (χ3v) is 6.05. The van der Waals surface area contributed by atoms with Crippen LogP contribution < -0.4 is 5.32 Å². The number of nitrogens with one attached hydrogen (secondary N) is 1. The average Bonchev–Trinajstić information content (AvgIpc) is 2.78. The Labute approximate surface area is 176 Å². The number of carbonyl (C=O) groups excluding carboxylic acids is 1. The Morgan fingerprint density at radius 3 is 2.59 bits per heavy atom. The Morgan fingerprint density at radius 2 is 1.79 bits per heavy atom. The third-order valence-electron chi connectivity index (χ3n) is 5.11. The van der Waals surface area contributed by atoms with E-state index in [0.29, 0.717) is 12.1 Å². The summed E-state index contributed by atoms with van der Waals surface area (Å²) >= 11 is 1.64. The molecule has 3 aromatic rings. The number of carbonyl (C=O) groups is 1. The predicted octanol–water partition coefficient (Wildman–Crippen LogP) is 4.16. The molecule has 4 rings (SSSR count). The molecule has 2 heterocycles. The number of aromatic nitrogens is 1. The molecule has 0 saturated carbocycles. The minimum absolute atomic E-state index is 0.0231. The van der Waals surface area contributed by atoms with Crippen LogP contribution in [0.4, 0.5) is 0 Å². The number of nitrogens with zero attached hydrogens (tertiary/aromatic N) is 2. The molecule has 1 aliphatic rings. The largest absolute Gasteiger partial charge is 0.351 e. The smallest absolute Gasteiger partial charge is 0.251 e. The zero-order chi connectivity index (χ0) is 19.9. The van der Waals surface area contributed by atoms with Crippen molar-refractivity contribution >= 4 is 17.7 Å². The Hall–Kier alpha value is -2.63. The number of pyridine rings is 1. The first-order chi connectivity index (χ1) is 14.3. The SMILES string of the molecule is O=C(NCCSc1ccccn1)c1ccc(CN2CCc3ccccc3C2)cc1. The van der Waals surface area contributed by atoms with Gasteiger partial charge in [-0.05, 0) is 47.4 Å². The first-order valence-corrected chi connectivity index (χ1v) is 11.0. The van der Waals surface area contributed by atoms with Crippen LogP contribution >= 0.6 is 11.8 Å². The van der Waals surface area contributed by atoms with E-state index in [4.69, 9.17) is 0 Å². The first-order valence-electron chi connectivity index (χ1n) is 9.98. The second-order valence-corrected chi connectivity index (χ2v) is 8.31. The van der Waals surface area contributed by atoms with Crippen molar-refractivity contribution in [3.63, 3.8) is 0 Å². The van der Waals surface area contributed by atoms with Gasteiger partial charge in [-0.3, -0.25) is 9.69 Å². The normalized spacial score (nSPS) is 13.7. The highest BCUT2D eigenvalue weighted by atomic mass is 32.2. The molecule has 0 radical (unpaired) electrons. The third kappa shape index (κ3) is 5.46. The van der Waals surface area contributed by atoms with Gasteiger partial charge >= 0.3 is 0 Å². The van der Waals surface area contributed by atoms with Gasteiger partial charge in [-0.15, -0.1) is 11.8 Å². The summed E-state index contributed by atoms with van der Waals surface area (Å²) in [6, 6.07) is 22.5. The Morgan fingerprint density at radius 1 is 1.00 bits per heavy atom. The second-order valence-electron chi connectivity index (χ2n) is 7.20. The van der Waals surface area contributed by atoms with Crippen molar-refractivity contribution in [2.45, 2.75) is 24.5 Å². The van der Waals surface area contributed by atoms with Gasteiger partial charge < -0.3 is 5.32 Å². The molecule has 0 unspecified atom stereocenters. The minimum atomic E-state index is -0.0231. The fraction of sp³-hybridized carbons (Fsp3) is 0.250. The van der Waals surface area contributed by atoms with E-state index in [1.807, 2.05) is 30.3 Å². The van der Waals surface area contributed by atoms with Crippen LogP contribution in [-0.2, 0) is 19.5 Å². The number of fused-ring (bicyclic) bond motifs is 1. The molecule has 0 atom stereocenters. The van der Waals surface area contributed by atoms with Gasteiger partial charge in [0, 0.05) is 43.7 Å². The number of benzene rings is 2. The van der Waals surface area contributed by atoms with Gasteiger partial charge in [0.2, 0.25) is 0 Å². The summed E-state index contributed by atoms with van der Waals surface area (Å²) in [5, 5.41) is 3.96. The molecule has 1 aliphatic heterocycles. The lowest BCUT2D eigenvalue weighted by Crippen LogP contribution is -2.30. The van der Waals surface area contributed by atoms with E-state index < -0.39 is 0 Å². The van der Waals surface area contributed by atoms with Crippen LogP contribution in [-0.4, -0.2) is 34.6 Å². The Kier molecular flexibility index (Phi) is 6.60. The highest BCUT2D eigenvalue weighted by molar-refractivity contribution is 7.99. The van der Waals surface area contributed by atoms with Crippen molar-refractivity contribution in [1.29, 1.82) is 0 Å². The van der Waals surface area contributed by atoms with E-state index in [0.717, 1.165) is 36.8 Å². The highest BCUT2D eigenvalue weighted by Crippen LogP contribution is 2.20. The van der Waals surface area contributed by atoms with E-state index in [1.54, 1.807) is 18.0 Å². The number of hydrogen-bond acceptors (Lipinski definition) is 4. The molecular weight excluding hydrogens is 378 g/mol. The van der Waals surface area contributed by atoms with Crippen LogP contribution in [0.25, 0.3) is 0 Å². The summed E-state index contributed by atoms with van der Waals surface area (Å²) < 4.78 is 0. The molecule has 0 saturated heterocycles. The van der Waals surface area contributed by atoms with E-state index in [-0.39, 0.29) is 5.91 Å². The monoisotopic (exact) mass is 403 g/mol. The van der Waals surface area contributed by atoms with Gasteiger partial charge in [-0.2, -0.15) is 0 Å². The van der Waals surface area contributed by atoms with Crippen molar-refractivity contribution in [3.05, 3.63) is 95.2 Å². The van der Waals surface area contributed by atoms with E-state index >= 15 is 0 Å². The lowest BCUT2D eigenvalue weighted by atomic mass is 9.99. The Balaban J connectivity index is 1.24. The van der Waals surface area contributed by atoms with Crippen LogP contribution in [0.3, 0.4) is 0 Å². The maximum absolute atomic E-state index is 12.3. The zero-order valence-electron chi connectivity index (χ0n) is 16.4. The van der Waals surface area contributed by atoms with E-state index in [1.165, 1.54) is 16.7 Å². The summed E-state index contributed by atoms with van der Waals surface area (Å²) in [5.41, 5.74) is 4.85. The summed E-state index contributed by atoms with van der Waals surface area (Å²) in [5.74, 6) is 0.780. The van der Waals surface area contributed by atoms with Crippen molar-refractivity contribution in [3.8, 4) is 0 Å². The van der Waals surface area contributed by atoms with Crippen LogP contribution in [0.15, 0.2) is 78.0 Å². The fourth-order valence-electron chi connectivity index (χ4n) is 3.56. The zero-order valence-corrected chi connectivity index (χ0v) is 17.2. The van der Waals surface area contributed by atoms with Crippen molar-refractivity contribution in [2.75, 3.05) is 18.8 Å². The quantitative estimate of drug-likeness (QED) is 0.475. The van der Waals surface area contributed by atoms with Crippen LogP contribution in [0, 0.1) is 0 Å². The van der Waals surface area contributed by atoms with Crippen LogP contribution in [0.5, 0.6) is 0 Å². The van der Waals surface area contributed by atoms with E-state index in [2.05, 4.69) is 51.6 Å². The van der Waals surface area contributed by atoms with Gasteiger partial charge in [-0.1, -0.05) is 42.5 Å². The molecular formula is C24H25N3OS. The molecule has 1 N–H and O–H groups in total. The van der Waals surface area contributed by atoms with Gasteiger partial charge in [0.25, 0.3) is 5.91 Å². The van der Waals surface area contributed by atoms with Crippen molar-refractivity contribution in [2.24, 2.45) is 0 Å². The first kappa shape index (κ1) is 19.7. The average molecular weight is 404 g/mol. The molecule has 2 aromatic carbocycles. The fourth-order valence-corrected chi connectivity index (χ4v) is 4.29. The molecule has 148 valence electrons. The summed E-state index contributed by atoms with van der Waals surface area (Å²) in [7, 11) is 0. The van der Waals surface area contributed by atoms with E-state index in [9.17, 15) is 4.79 Å². The van der Waals surface area contributed by atoms with Crippen molar-refractivity contribution in [1.82, 2.24) is 15.2 Å². The van der Waals surface area contributed by atoms with Crippen molar-refractivity contribution < 1.29 is 4.79 Å². The molecule has 5 heteroatoms. The molecule has 1 amide bonds. The topological polar surface area (TPSA) is 45.2 Å². The Bertz CT molecular complexity index is 944. The summed E-state index contributed by atoms with van der Waals surface area (Å²) in [6.45, 7) is 3.60. The van der Waals surface area contributed by atoms with Gasteiger partial charge in [-0.25, -0.2) is 4.98 Å². The molecule has 0 aliphatic carbocycles. The molecule has 29 heavy (non-hydrogen) atoms. The number of rotatable bonds is 7. The summed E-state index contributed by atoms with van der Waals surface area (Å²) in [4.78, 5) is 19.1. The summed E-state index contributed by atoms with van der Waals surface area (Å²) in [6.07, 6.45) is 2.89. The standard InChI is InChI=1S/C24H25N3OS/c28-24(26-14-16-29-23-7-3-4-13-25-23)21-10-8-19(9-11-21)17-27-15-12-20-5-1-2-6-22(20)18-27/h1-11,13H,12,14-18H2,(H,26,28). The maximum Gasteiger partial charge on any atom is 0.251 e. The minimum Gasteiger partial charge on any atom is -0.351 e. The molecule has 0 bridgehead atoms. The second kappa shape index (κ2) is 9.72. The lowest BCUT2D eigenvalue weighted by Gasteiger charge is -2.28. The molecule has 4 nitrogen and oxygen atoms in total. The van der Waals surface area contributed by atoms with Gasteiger partial charge in [0.15, 0.2) is 0 Å². The number of hydrogen-bond donors (Lipinski definition) is 1. The highest BCUT2D eigenvalue weighted by Gasteiger charge is 2.15. The lowest BCUT2D eigenvalue weighted by molar-refractivity contribution is 0.0956. The van der Waals surface area contributed by atoms with Crippen LogP contribution in [0.2, 0.25) is 0 Å². The van der Waals surface area contributed by atoms with Gasteiger partial charge in [0.1, 0.15) is 0 Å². The molecule has 1 aromatic heterocycles. The number of amides is 1. The molecule has 0 fully saturated rings. The van der Waals surface area contributed by atoms with Crippen LogP contribution in [0.1, 0.15) is 27.0 Å². The molecule has 0 spiro atoms. The maximum atomic E-state index is 12.3.